The molecule has 3 rings (SSSR count). The lowest BCUT2D eigenvalue weighted by Gasteiger charge is -2.04. The van der Waals surface area contributed by atoms with E-state index in [-0.39, 0.29) is 5.56 Å². The first-order chi connectivity index (χ1) is 9.50. The van der Waals surface area contributed by atoms with E-state index in [1.807, 2.05) is 17.7 Å². The first-order valence-corrected chi connectivity index (χ1v) is 6.06. The molecule has 0 unspecified atom stereocenters. The molecule has 0 saturated carbocycles. The number of carboxylic acids is 1. The molecule has 3 aromatic rings. The standard InChI is InChI=1S/C13H13N5O2/c1-7-10(13(19)20)8(2)18(16-7)12-11-9(4-5-14-12)17(3)6-15-11/h4-6H,1-3H3,(H,19,20). The van der Waals surface area contributed by atoms with Crippen LogP contribution < -0.4 is 0 Å². The molecule has 0 radical (unpaired) electrons. The van der Waals surface area contributed by atoms with Gasteiger partial charge in [-0.2, -0.15) is 5.10 Å². The highest BCUT2D eigenvalue weighted by Crippen LogP contribution is 2.22. The van der Waals surface area contributed by atoms with Crippen LogP contribution in [0.2, 0.25) is 0 Å². The number of fused-ring (bicyclic) bond motifs is 1. The molecule has 7 nitrogen and oxygen atoms in total. The maximum absolute atomic E-state index is 11.3. The maximum atomic E-state index is 11.3. The Morgan fingerprint density at radius 1 is 1.30 bits per heavy atom. The molecule has 0 saturated heterocycles. The van der Waals surface area contributed by atoms with E-state index in [9.17, 15) is 9.90 Å². The van der Waals surface area contributed by atoms with Gasteiger partial charge in [0.05, 0.1) is 23.2 Å². The maximum Gasteiger partial charge on any atom is 0.339 e. The van der Waals surface area contributed by atoms with Gasteiger partial charge in [-0.05, 0) is 19.9 Å². The van der Waals surface area contributed by atoms with Crippen LogP contribution in [0, 0.1) is 13.8 Å². The summed E-state index contributed by atoms with van der Waals surface area (Å²) in [6.07, 6.45) is 3.36. The number of aromatic carboxylic acids is 1. The van der Waals surface area contributed by atoms with E-state index in [2.05, 4.69) is 15.1 Å². The van der Waals surface area contributed by atoms with E-state index in [0.29, 0.717) is 22.7 Å². The molecule has 0 spiro atoms. The Morgan fingerprint density at radius 3 is 2.70 bits per heavy atom. The van der Waals surface area contributed by atoms with Crippen LogP contribution in [-0.2, 0) is 7.05 Å². The van der Waals surface area contributed by atoms with Crippen molar-refractivity contribution >= 4 is 17.0 Å². The molecule has 102 valence electrons. The molecular formula is C13H13N5O2. The van der Waals surface area contributed by atoms with Crippen LogP contribution in [0.3, 0.4) is 0 Å². The Morgan fingerprint density at radius 2 is 2.05 bits per heavy atom. The molecule has 0 bridgehead atoms. The number of pyridine rings is 1. The molecule has 7 heteroatoms. The van der Waals surface area contributed by atoms with E-state index in [1.165, 1.54) is 4.68 Å². The van der Waals surface area contributed by atoms with E-state index < -0.39 is 5.97 Å². The van der Waals surface area contributed by atoms with Gasteiger partial charge >= 0.3 is 5.97 Å². The van der Waals surface area contributed by atoms with Crippen LogP contribution in [-0.4, -0.2) is 35.4 Å². The number of carbonyl (C=O) groups is 1. The first-order valence-electron chi connectivity index (χ1n) is 6.06. The number of aryl methyl sites for hydroxylation is 2. The Hall–Kier alpha value is -2.70. The Kier molecular flexibility index (Phi) is 2.56. The van der Waals surface area contributed by atoms with Crippen molar-refractivity contribution in [3.63, 3.8) is 0 Å². The average molecular weight is 271 g/mol. The summed E-state index contributed by atoms with van der Waals surface area (Å²) in [5, 5.41) is 13.5. The van der Waals surface area contributed by atoms with Crippen molar-refractivity contribution in [3.8, 4) is 5.82 Å². The van der Waals surface area contributed by atoms with Crippen molar-refractivity contribution in [2.75, 3.05) is 0 Å². The second-order valence-electron chi connectivity index (χ2n) is 4.62. The van der Waals surface area contributed by atoms with Crippen LogP contribution in [0.5, 0.6) is 0 Å². The van der Waals surface area contributed by atoms with Gasteiger partial charge in [-0.25, -0.2) is 19.4 Å². The second-order valence-corrected chi connectivity index (χ2v) is 4.62. The zero-order valence-electron chi connectivity index (χ0n) is 11.3. The highest BCUT2D eigenvalue weighted by Gasteiger charge is 2.20. The molecule has 0 atom stereocenters. The van der Waals surface area contributed by atoms with Gasteiger partial charge in [-0.15, -0.1) is 0 Å². The topological polar surface area (TPSA) is 85.8 Å². The molecule has 3 aromatic heterocycles. The fourth-order valence-corrected chi connectivity index (χ4v) is 2.36. The minimum atomic E-state index is -0.987. The highest BCUT2D eigenvalue weighted by atomic mass is 16.4. The Bertz CT molecular complexity index is 831. The van der Waals surface area contributed by atoms with Gasteiger partial charge in [0.25, 0.3) is 0 Å². The number of hydrogen-bond acceptors (Lipinski definition) is 4. The summed E-state index contributed by atoms with van der Waals surface area (Å²) in [5.74, 6) is -0.448. The average Bonchev–Trinajstić information content (AvgIpc) is 2.91. The lowest BCUT2D eigenvalue weighted by atomic mass is 10.2. The Labute approximate surface area is 114 Å². The highest BCUT2D eigenvalue weighted by molar-refractivity contribution is 5.90. The van der Waals surface area contributed by atoms with Crippen LogP contribution in [0.4, 0.5) is 0 Å². The monoisotopic (exact) mass is 271 g/mol. The number of nitrogens with zero attached hydrogens (tertiary/aromatic N) is 5. The van der Waals surface area contributed by atoms with Gasteiger partial charge in [0, 0.05) is 13.2 Å². The number of rotatable bonds is 2. The normalized spacial score (nSPS) is 11.2. The quantitative estimate of drug-likeness (QED) is 0.762. The summed E-state index contributed by atoms with van der Waals surface area (Å²) in [6.45, 7) is 3.39. The second kappa shape index (κ2) is 4.16. The largest absolute Gasteiger partial charge is 0.478 e. The van der Waals surface area contributed by atoms with Gasteiger partial charge in [0.1, 0.15) is 11.1 Å². The van der Waals surface area contributed by atoms with E-state index in [0.717, 1.165) is 5.52 Å². The molecule has 0 aliphatic carbocycles. The molecule has 0 aliphatic heterocycles. The number of carboxylic acid groups (broad SMARTS) is 1. The molecular weight excluding hydrogens is 258 g/mol. The lowest BCUT2D eigenvalue weighted by Crippen LogP contribution is -2.05. The van der Waals surface area contributed by atoms with Crippen molar-refractivity contribution in [3.05, 3.63) is 35.5 Å². The fourth-order valence-electron chi connectivity index (χ4n) is 2.36. The molecule has 20 heavy (non-hydrogen) atoms. The third-order valence-corrected chi connectivity index (χ3v) is 3.33. The Balaban J connectivity index is 2.32. The lowest BCUT2D eigenvalue weighted by molar-refractivity contribution is 0.0695. The fraction of sp³-hybridized carbons (Fsp3) is 0.231. The molecule has 0 amide bonds. The predicted octanol–water partition coefficient (Wildman–Crippen LogP) is 1.47. The van der Waals surface area contributed by atoms with E-state index in [1.54, 1.807) is 26.4 Å². The van der Waals surface area contributed by atoms with Crippen LogP contribution >= 0.6 is 0 Å². The summed E-state index contributed by atoms with van der Waals surface area (Å²) in [5.41, 5.74) is 2.82. The third-order valence-electron chi connectivity index (χ3n) is 3.33. The number of imidazole rings is 1. The predicted molar refractivity (Wildman–Crippen MR) is 72.1 cm³/mol. The zero-order valence-corrected chi connectivity index (χ0v) is 11.3. The van der Waals surface area contributed by atoms with Gasteiger partial charge in [0.15, 0.2) is 5.82 Å². The third kappa shape index (κ3) is 1.59. The summed E-state index contributed by atoms with van der Waals surface area (Å²) >= 11 is 0. The smallest absolute Gasteiger partial charge is 0.339 e. The van der Waals surface area contributed by atoms with Crippen molar-refractivity contribution < 1.29 is 9.90 Å². The van der Waals surface area contributed by atoms with Crippen molar-refractivity contribution in [1.29, 1.82) is 0 Å². The van der Waals surface area contributed by atoms with Crippen molar-refractivity contribution in [2.45, 2.75) is 13.8 Å². The van der Waals surface area contributed by atoms with Crippen LogP contribution in [0.1, 0.15) is 21.7 Å². The molecule has 0 aliphatic rings. The summed E-state index contributed by atoms with van der Waals surface area (Å²) in [4.78, 5) is 19.9. The van der Waals surface area contributed by atoms with Gasteiger partial charge in [-0.1, -0.05) is 0 Å². The van der Waals surface area contributed by atoms with Crippen molar-refractivity contribution in [2.24, 2.45) is 7.05 Å². The summed E-state index contributed by atoms with van der Waals surface area (Å²) in [7, 11) is 1.89. The van der Waals surface area contributed by atoms with Crippen molar-refractivity contribution in [1.82, 2.24) is 24.3 Å². The SMILES string of the molecule is Cc1nn(-c2nccc3c2ncn3C)c(C)c1C(=O)O. The molecule has 3 heterocycles. The van der Waals surface area contributed by atoms with Crippen LogP contribution in [0.15, 0.2) is 18.6 Å². The minimum Gasteiger partial charge on any atom is -0.478 e. The molecule has 0 fully saturated rings. The van der Waals surface area contributed by atoms with Crippen LogP contribution in [0.25, 0.3) is 16.9 Å². The van der Waals surface area contributed by atoms with E-state index in [4.69, 9.17) is 0 Å². The summed E-state index contributed by atoms with van der Waals surface area (Å²) < 4.78 is 3.42. The first kappa shape index (κ1) is 12.3. The van der Waals surface area contributed by atoms with Gasteiger partial charge in [-0.3, -0.25) is 0 Å². The van der Waals surface area contributed by atoms with Gasteiger partial charge in [0.2, 0.25) is 0 Å². The summed E-state index contributed by atoms with van der Waals surface area (Å²) in [6, 6.07) is 1.86. The number of hydrogen-bond donors (Lipinski definition) is 1. The molecule has 0 aromatic carbocycles. The number of aromatic nitrogens is 5. The zero-order chi connectivity index (χ0) is 14.4. The molecule has 1 N–H and O–H groups in total. The minimum absolute atomic E-state index is 0.208. The van der Waals surface area contributed by atoms with Gasteiger partial charge < -0.3 is 9.67 Å². The van der Waals surface area contributed by atoms with E-state index >= 15 is 0 Å².